The van der Waals surface area contributed by atoms with Crippen LogP contribution in [0.2, 0.25) is 0 Å². The van der Waals surface area contributed by atoms with Gasteiger partial charge in [0.05, 0.1) is 23.5 Å². The second-order valence-corrected chi connectivity index (χ2v) is 9.60. The lowest BCUT2D eigenvalue weighted by Gasteiger charge is -2.32. The lowest BCUT2D eigenvalue weighted by Crippen LogP contribution is -2.39. The van der Waals surface area contributed by atoms with E-state index in [1.54, 1.807) is 47.1 Å². The predicted octanol–water partition coefficient (Wildman–Crippen LogP) is 5.34. The highest BCUT2D eigenvalue weighted by molar-refractivity contribution is 6.06. The van der Waals surface area contributed by atoms with E-state index in [1.165, 1.54) is 18.2 Å². The number of carbonyl (C=O) groups excluding carboxylic acids is 2. The average molecular weight is 529 g/mol. The zero-order chi connectivity index (χ0) is 27.4. The standard InChI is InChI=1S/C30H29FN4O4/c1-20-7-8-22(15-27(20)31)30(38)34-13-11-24(12-14-34)35-18-23(17-32-35)33-29(37)26-16-25(9-10-28(26)36)39-19-21-5-3-2-4-6-21/h2-10,15-18,24,36H,11-14,19H2,1H3,(H,33,37). The highest BCUT2D eigenvalue weighted by Gasteiger charge is 2.26. The van der Waals surface area contributed by atoms with Crippen molar-refractivity contribution < 1.29 is 23.8 Å². The van der Waals surface area contributed by atoms with Crippen LogP contribution in [0.15, 0.2) is 79.1 Å². The monoisotopic (exact) mass is 528 g/mol. The first-order valence-corrected chi connectivity index (χ1v) is 12.8. The molecule has 5 rings (SSSR count). The Bertz CT molecular complexity index is 1480. The summed E-state index contributed by atoms with van der Waals surface area (Å²) in [5.74, 6) is -0.746. The number of likely N-dealkylation sites (tertiary alicyclic amines) is 1. The molecule has 1 saturated heterocycles. The SMILES string of the molecule is Cc1ccc(C(=O)N2CCC(n3cc(NC(=O)c4cc(OCc5ccccc5)ccc4O)cn3)CC2)cc1F. The van der Waals surface area contributed by atoms with Crippen LogP contribution in [0.25, 0.3) is 0 Å². The summed E-state index contributed by atoms with van der Waals surface area (Å²) in [5.41, 5.74) is 2.42. The molecule has 8 nitrogen and oxygen atoms in total. The van der Waals surface area contributed by atoms with Gasteiger partial charge in [-0.3, -0.25) is 14.3 Å². The van der Waals surface area contributed by atoms with Gasteiger partial charge in [-0.25, -0.2) is 4.39 Å². The Balaban J connectivity index is 1.17. The third-order valence-electron chi connectivity index (χ3n) is 6.86. The molecule has 9 heteroatoms. The Morgan fingerprint density at radius 1 is 1.08 bits per heavy atom. The van der Waals surface area contributed by atoms with Gasteiger partial charge in [-0.2, -0.15) is 5.10 Å². The van der Waals surface area contributed by atoms with Crippen LogP contribution in [0.5, 0.6) is 11.5 Å². The number of carbonyl (C=O) groups is 2. The molecule has 1 aromatic heterocycles. The average Bonchev–Trinajstić information content (AvgIpc) is 3.42. The number of aromatic hydroxyl groups is 1. The summed E-state index contributed by atoms with van der Waals surface area (Å²) in [6.45, 7) is 3.04. The molecule has 0 atom stereocenters. The van der Waals surface area contributed by atoms with E-state index in [0.29, 0.717) is 55.1 Å². The summed E-state index contributed by atoms with van der Waals surface area (Å²) in [6.07, 6.45) is 4.65. The number of piperidine rings is 1. The van der Waals surface area contributed by atoms with Gasteiger partial charge in [-0.1, -0.05) is 36.4 Å². The molecule has 4 aromatic rings. The van der Waals surface area contributed by atoms with Crippen molar-refractivity contribution in [2.24, 2.45) is 0 Å². The number of phenols is 1. The van der Waals surface area contributed by atoms with Crippen LogP contribution < -0.4 is 10.1 Å². The first-order valence-electron chi connectivity index (χ1n) is 12.8. The quantitative estimate of drug-likeness (QED) is 0.337. The lowest BCUT2D eigenvalue weighted by atomic mass is 10.0. The number of anilines is 1. The molecule has 2 N–H and O–H groups in total. The summed E-state index contributed by atoms with van der Waals surface area (Å²) >= 11 is 0. The van der Waals surface area contributed by atoms with Crippen LogP contribution in [-0.2, 0) is 6.61 Å². The predicted molar refractivity (Wildman–Crippen MR) is 144 cm³/mol. The number of nitrogens with zero attached hydrogens (tertiary/aromatic N) is 3. The van der Waals surface area contributed by atoms with Crippen LogP contribution in [0, 0.1) is 12.7 Å². The van der Waals surface area contributed by atoms with Gasteiger partial charge in [-0.15, -0.1) is 0 Å². The fourth-order valence-corrected chi connectivity index (χ4v) is 4.57. The largest absolute Gasteiger partial charge is 0.507 e. The summed E-state index contributed by atoms with van der Waals surface area (Å²) in [5, 5.41) is 17.4. The number of aromatic nitrogens is 2. The fourth-order valence-electron chi connectivity index (χ4n) is 4.57. The Kier molecular flexibility index (Phi) is 7.58. The van der Waals surface area contributed by atoms with Crippen LogP contribution in [0.3, 0.4) is 0 Å². The summed E-state index contributed by atoms with van der Waals surface area (Å²) in [4.78, 5) is 27.4. The minimum absolute atomic E-state index is 0.0533. The maximum atomic E-state index is 13.9. The molecule has 1 aliphatic rings. The number of amides is 2. The van der Waals surface area contributed by atoms with E-state index in [4.69, 9.17) is 4.74 Å². The third kappa shape index (κ3) is 6.09. The van der Waals surface area contributed by atoms with Crippen molar-refractivity contribution in [3.63, 3.8) is 0 Å². The van der Waals surface area contributed by atoms with Gasteiger partial charge in [0.1, 0.15) is 23.9 Å². The maximum Gasteiger partial charge on any atom is 0.259 e. The molecular weight excluding hydrogens is 499 g/mol. The topological polar surface area (TPSA) is 96.7 Å². The highest BCUT2D eigenvalue weighted by atomic mass is 19.1. The van der Waals surface area contributed by atoms with Crippen molar-refractivity contribution in [2.75, 3.05) is 18.4 Å². The van der Waals surface area contributed by atoms with Gasteiger partial charge in [0.2, 0.25) is 0 Å². The molecule has 0 saturated carbocycles. The van der Waals surface area contributed by atoms with E-state index >= 15 is 0 Å². The van der Waals surface area contributed by atoms with E-state index in [9.17, 15) is 19.1 Å². The van der Waals surface area contributed by atoms with Gasteiger partial charge in [0.25, 0.3) is 11.8 Å². The number of rotatable bonds is 7. The number of phenolic OH excluding ortho intramolecular Hbond substituents is 1. The molecule has 2 amide bonds. The first kappa shape index (κ1) is 26.0. The molecule has 3 aromatic carbocycles. The number of hydrogen-bond acceptors (Lipinski definition) is 5. The molecule has 0 unspecified atom stereocenters. The Hall–Kier alpha value is -4.66. The molecule has 0 aliphatic carbocycles. The Morgan fingerprint density at radius 3 is 2.59 bits per heavy atom. The number of nitrogens with one attached hydrogen (secondary N) is 1. The lowest BCUT2D eigenvalue weighted by molar-refractivity contribution is 0.0689. The molecule has 0 spiro atoms. The number of halogens is 1. The molecule has 0 radical (unpaired) electrons. The molecular formula is C30H29FN4O4. The second-order valence-electron chi connectivity index (χ2n) is 9.60. The number of benzene rings is 3. The molecule has 1 fully saturated rings. The third-order valence-corrected chi connectivity index (χ3v) is 6.86. The van der Waals surface area contributed by atoms with E-state index in [2.05, 4.69) is 10.4 Å². The van der Waals surface area contributed by atoms with Crippen molar-refractivity contribution in [2.45, 2.75) is 32.4 Å². The Labute approximate surface area is 225 Å². The van der Waals surface area contributed by atoms with Crippen molar-refractivity contribution in [1.82, 2.24) is 14.7 Å². The number of aryl methyl sites for hydroxylation is 1. The van der Waals surface area contributed by atoms with E-state index in [-0.39, 0.29) is 29.1 Å². The molecule has 1 aliphatic heterocycles. The normalized spacial score (nSPS) is 13.7. The van der Waals surface area contributed by atoms with Crippen molar-refractivity contribution in [3.8, 4) is 11.5 Å². The van der Waals surface area contributed by atoms with Crippen molar-refractivity contribution in [1.29, 1.82) is 0 Å². The Morgan fingerprint density at radius 2 is 1.85 bits per heavy atom. The van der Waals surface area contributed by atoms with Gasteiger partial charge in [-0.05, 0) is 61.2 Å². The minimum Gasteiger partial charge on any atom is -0.507 e. The fraction of sp³-hybridized carbons (Fsp3) is 0.233. The first-order chi connectivity index (χ1) is 18.9. The minimum atomic E-state index is -0.483. The van der Waals surface area contributed by atoms with Crippen molar-refractivity contribution in [3.05, 3.63) is 107 Å². The van der Waals surface area contributed by atoms with Gasteiger partial charge < -0.3 is 20.1 Å². The van der Waals surface area contributed by atoms with Gasteiger partial charge >= 0.3 is 0 Å². The van der Waals surface area contributed by atoms with Gasteiger partial charge in [0, 0.05) is 24.8 Å². The van der Waals surface area contributed by atoms with Crippen LogP contribution in [0.4, 0.5) is 10.1 Å². The number of hydrogen-bond donors (Lipinski definition) is 2. The van der Waals surface area contributed by atoms with Crippen LogP contribution in [-0.4, -0.2) is 44.7 Å². The maximum absolute atomic E-state index is 13.9. The smallest absolute Gasteiger partial charge is 0.259 e. The van der Waals surface area contributed by atoms with Crippen LogP contribution >= 0.6 is 0 Å². The highest BCUT2D eigenvalue weighted by Crippen LogP contribution is 2.27. The summed E-state index contributed by atoms with van der Waals surface area (Å²) in [6, 6.07) is 18.8. The van der Waals surface area contributed by atoms with E-state index in [1.807, 2.05) is 30.3 Å². The molecule has 2 heterocycles. The second kappa shape index (κ2) is 11.4. The summed E-state index contributed by atoms with van der Waals surface area (Å²) in [7, 11) is 0. The van der Waals surface area contributed by atoms with Gasteiger partial charge in [0.15, 0.2) is 0 Å². The van der Waals surface area contributed by atoms with E-state index in [0.717, 1.165) is 5.56 Å². The van der Waals surface area contributed by atoms with E-state index < -0.39 is 5.91 Å². The van der Waals surface area contributed by atoms with Crippen LogP contribution in [0.1, 0.15) is 50.7 Å². The van der Waals surface area contributed by atoms with Crippen molar-refractivity contribution >= 4 is 17.5 Å². The molecule has 39 heavy (non-hydrogen) atoms. The zero-order valence-corrected chi connectivity index (χ0v) is 21.5. The zero-order valence-electron chi connectivity index (χ0n) is 21.5. The molecule has 0 bridgehead atoms. The molecule has 200 valence electrons. The summed E-state index contributed by atoms with van der Waals surface area (Å²) < 4.78 is 21.5. The number of ether oxygens (including phenoxy) is 1.